The van der Waals surface area contributed by atoms with Crippen molar-refractivity contribution in [1.82, 2.24) is 14.7 Å². The Balaban J connectivity index is 2.36. The van der Waals surface area contributed by atoms with Gasteiger partial charge < -0.3 is 21.5 Å². The molecule has 0 aliphatic carbocycles. The number of rotatable bonds is 3. The number of aliphatic hydroxyl groups excluding tert-OH is 1. The quantitative estimate of drug-likeness (QED) is 0.629. The van der Waals surface area contributed by atoms with Gasteiger partial charge in [-0.2, -0.15) is 5.10 Å². The highest BCUT2D eigenvalue weighted by atomic mass is 16.3. The first-order valence-corrected chi connectivity index (χ1v) is 6.46. The van der Waals surface area contributed by atoms with Crippen molar-refractivity contribution >= 4 is 17.5 Å². The van der Waals surface area contributed by atoms with Crippen LogP contribution in [0.5, 0.6) is 0 Å². The molecule has 1 aromatic rings. The van der Waals surface area contributed by atoms with Crippen LogP contribution in [0.3, 0.4) is 0 Å². The second-order valence-corrected chi connectivity index (χ2v) is 4.95. The molecular formula is C12H19N5O3. The molecule has 2 unspecified atom stereocenters. The highest BCUT2D eigenvalue weighted by Gasteiger charge is 2.39. The standard InChI is InChI=1S/C12H19N5O3/c1-3-7-9(13)10(16(2)15-7)12(20)17-5-6(18)4-8(17)11(14)19/h6,8,18H,3-5,13H2,1-2H3,(H2,14,19). The SMILES string of the molecule is CCc1nn(C)c(C(=O)N2CC(O)CC2C(N)=O)c1N. The third kappa shape index (κ3) is 2.22. The van der Waals surface area contributed by atoms with Crippen LogP contribution in [-0.4, -0.2) is 50.3 Å². The fourth-order valence-corrected chi connectivity index (χ4v) is 2.55. The third-order valence-electron chi connectivity index (χ3n) is 3.57. The van der Waals surface area contributed by atoms with Crippen molar-refractivity contribution in [3.05, 3.63) is 11.4 Å². The van der Waals surface area contributed by atoms with Crippen molar-refractivity contribution in [2.24, 2.45) is 12.8 Å². The summed E-state index contributed by atoms with van der Waals surface area (Å²) in [7, 11) is 1.62. The minimum Gasteiger partial charge on any atom is -0.395 e. The van der Waals surface area contributed by atoms with Crippen molar-refractivity contribution in [3.63, 3.8) is 0 Å². The van der Waals surface area contributed by atoms with Crippen LogP contribution in [0.4, 0.5) is 5.69 Å². The molecule has 2 rings (SSSR count). The summed E-state index contributed by atoms with van der Waals surface area (Å²) in [5.41, 5.74) is 12.4. The minimum absolute atomic E-state index is 0.0680. The maximum Gasteiger partial charge on any atom is 0.275 e. The Morgan fingerprint density at radius 1 is 1.50 bits per heavy atom. The van der Waals surface area contributed by atoms with Crippen LogP contribution in [0.1, 0.15) is 29.5 Å². The maximum absolute atomic E-state index is 12.5. The van der Waals surface area contributed by atoms with Gasteiger partial charge in [0.25, 0.3) is 5.91 Å². The van der Waals surface area contributed by atoms with E-state index in [4.69, 9.17) is 11.5 Å². The maximum atomic E-state index is 12.5. The Labute approximate surface area is 116 Å². The van der Waals surface area contributed by atoms with Gasteiger partial charge in [-0.05, 0) is 6.42 Å². The van der Waals surface area contributed by atoms with Crippen molar-refractivity contribution in [3.8, 4) is 0 Å². The predicted octanol–water partition coefficient (Wildman–Crippen LogP) is -1.37. The van der Waals surface area contributed by atoms with Crippen LogP contribution >= 0.6 is 0 Å². The van der Waals surface area contributed by atoms with Gasteiger partial charge in [-0.25, -0.2) is 0 Å². The van der Waals surface area contributed by atoms with Gasteiger partial charge in [-0.1, -0.05) is 6.92 Å². The van der Waals surface area contributed by atoms with Gasteiger partial charge in [-0.3, -0.25) is 14.3 Å². The zero-order chi connectivity index (χ0) is 15.0. The number of nitrogens with zero attached hydrogens (tertiary/aromatic N) is 3. The fraction of sp³-hybridized carbons (Fsp3) is 0.583. The predicted molar refractivity (Wildman–Crippen MR) is 71.6 cm³/mol. The zero-order valence-electron chi connectivity index (χ0n) is 11.5. The topological polar surface area (TPSA) is 127 Å². The van der Waals surface area contributed by atoms with Gasteiger partial charge in [0.1, 0.15) is 11.7 Å². The monoisotopic (exact) mass is 281 g/mol. The molecule has 1 saturated heterocycles. The van der Waals surface area contributed by atoms with Crippen molar-refractivity contribution < 1.29 is 14.7 Å². The number of carbonyl (C=O) groups is 2. The van der Waals surface area contributed by atoms with E-state index in [1.807, 2.05) is 6.92 Å². The van der Waals surface area contributed by atoms with E-state index in [0.29, 0.717) is 17.8 Å². The Bertz CT molecular complexity index is 554. The molecule has 1 aliphatic rings. The summed E-state index contributed by atoms with van der Waals surface area (Å²) in [5, 5.41) is 13.8. The number of carbonyl (C=O) groups excluding carboxylic acids is 2. The van der Waals surface area contributed by atoms with Crippen LogP contribution in [0.15, 0.2) is 0 Å². The molecule has 0 spiro atoms. The molecule has 2 heterocycles. The lowest BCUT2D eigenvalue weighted by Crippen LogP contribution is -2.44. The third-order valence-corrected chi connectivity index (χ3v) is 3.57. The van der Waals surface area contributed by atoms with Gasteiger partial charge in [0.2, 0.25) is 5.91 Å². The second kappa shape index (κ2) is 5.12. The van der Waals surface area contributed by atoms with Crippen LogP contribution in [-0.2, 0) is 18.3 Å². The molecule has 2 atom stereocenters. The first kappa shape index (κ1) is 14.3. The molecule has 5 N–H and O–H groups in total. The van der Waals surface area contributed by atoms with Gasteiger partial charge >= 0.3 is 0 Å². The summed E-state index contributed by atoms with van der Waals surface area (Å²) in [6.07, 6.45) is 0.00503. The molecule has 2 amide bonds. The lowest BCUT2D eigenvalue weighted by Gasteiger charge is -2.22. The van der Waals surface area contributed by atoms with Crippen molar-refractivity contribution in [2.45, 2.75) is 31.9 Å². The fourth-order valence-electron chi connectivity index (χ4n) is 2.55. The summed E-state index contributed by atoms with van der Waals surface area (Å²) >= 11 is 0. The summed E-state index contributed by atoms with van der Waals surface area (Å²) < 4.78 is 1.40. The summed E-state index contributed by atoms with van der Waals surface area (Å²) in [4.78, 5) is 25.2. The number of aromatic nitrogens is 2. The van der Waals surface area contributed by atoms with Crippen molar-refractivity contribution in [1.29, 1.82) is 0 Å². The minimum atomic E-state index is -0.808. The molecule has 20 heavy (non-hydrogen) atoms. The van der Waals surface area contributed by atoms with Crippen LogP contribution in [0.25, 0.3) is 0 Å². The van der Waals surface area contributed by atoms with E-state index in [9.17, 15) is 14.7 Å². The Kier molecular flexibility index (Phi) is 3.67. The Morgan fingerprint density at radius 2 is 2.15 bits per heavy atom. The van der Waals surface area contributed by atoms with E-state index in [1.165, 1.54) is 9.58 Å². The number of aryl methyl sites for hydroxylation is 2. The number of likely N-dealkylation sites (tertiary alicyclic amines) is 1. The van der Waals surface area contributed by atoms with Gasteiger partial charge in [0.05, 0.1) is 17.5 Å². The highest BCUT2D eigenvalue weighted by Crippen LogP contribution is 2.24. The zero-order valence-corrected chi connectivity index (χ0v) is 11.5. The van der Waals surface area contributed by atoms with Gasteiger partial charge in [0, 0.05) is 20.0 Å². The number of primary amides is 1. The van der Waals surface area contributed by atoms with Gasteiger partial charge in [0.15, 0.2) is 0 Å². The van der Waals surface area contributed by atoms with E-state index < -0.39 is 24.0 Å². The average Bonchev–Trinajstić information content (AvgIpc) is 2.89. The van der Waals surface area contributed by atoms with E-state index in [-0.39, 0.29) is 18.7 Å². The first-order valence-electron chi connectivity index (χ1n) is 6.46. The smallest absolute Gasteiger partial charge is 0.275 e. The normalized spacial score (nSPS) is 22.2. The number of nitrogen functional groups attached to an aromatic ring is 1. The lowest BCUT2D eigenvalue weighted by molar-refractivity contribution is -0.121. The van der Waals surface area contributed by atoms with Crippen LogP contribution < -0.4 is 11.5 Å². The van der Waals surface area contributed by atoms with Crippen LogP contribution in [0.2, 0.25) is 0 Å². The molecule has 1 fully saturated rings. The van der Waals surface area contributed by atoms with Crippen molar-refractivity contribution in [2.75, 3.05) is 12.3 Å². The molecule has 8 nitrogen and oxygen atoms in total. The van der Waals surface area contributed by atoms with E-state index in [2.05, 4.69) is 5.10 Å². The molecule has 0 saturated carbocycles. The molecule has 8 heteroatoms. The Hall–Kier alpha value is -2.09. The Morgan fingerprint density at radius 3 is 2.65 bits per heavy atom. The molecule has 110 valence electrons. The molecule has 0 bridgehead atoms. The molecule has 0 radical (unpaired) electrons. The van der Waals surface area contributed by atoms with E-state index in [0.717, 1.165) is 0 Å². The lowest BCUT2D eigenvalue weighted by atomic mass is 10.2. The number of hydrogen-bond donors (Lipinski definition) is 3. The first-order chi connectivity index (χ1) is 9.36. The summed E-state index contributed by atoms with van der Waals surface area (Å²) in [5.74, 6) is -1.07. The molecule has 1 aliphatic heterocycles. The summed E-state index contributed by atoms with van der Waals surface area (Å²) in [6, 6.07) is -0.808. The molecule has 0 aromatic carbocycles. The molecular weight excluding hydrogens is 262 g/mol. The number of nitrogens with two attached hydrogens (primary N) is 2. The number of aliphatic hydroxyl groups is 1. The highest BCUT2D eigenvalue weighted by molar-refractivity contribution is 6.00. The van der Waals surface area contributed by atoms with E-state index >= 15 is 0 Å². The number of β-amino-alcohol motifs (C(OH)–C–C–N with tert-alkyl or cyclic N) is 1. The number of hydrogen-bond acceptors (Lipinski definition) is 5. The molecule has 1 aromatic heterocycles. The van der Waals surface area contributed by atoms with Gasteiger partial charge in [-0.15, -0.1) is 0 Å². The summed E-state index contributed by atoms with van der Waals surface area (Å²) in [6.45, 7) is 1.96. The number of anilines is 1. The number of amides is 2. The largest absolute Gasteiger partial charge is 0.395 e. The van der Waals surface area contributed by atoms with E-state index in [1.54, 1.807) is 7.05 Å². The van der Waals surface area contributed by atoms with Crippen LogP contribution in [0, 0.1) is 0 Å². The second-order valence-electron chi connectivity index (χ2n) is 4.95. The average molecular weight is 281 g/mol.